The standard InChI is InChI=1S/C14H17ClN2O2/c1-7(2)9-5-10(15)8(3)13(14(9)18-4)11-6-12(16)17-19-11/h5-7H,1-4H3,(H2,16,17). The van der Waals surface area contributed by atoms with Gasteiger partial charge in [-0.3, -0.25) is 0 Å². The lowest BCUT2D eigenvalue weighted by Gasteiger charge is -2.18. The van der Waals surface area contributed by atoms with Gasteiger partial charge >= 0.3 is 0 Å². The van der Waals surface area contributed by atoms with Crippen LogP contribution in [-0.4, -0.2) is 12.3 Å². The summed E-state index contributed by atoms with van der Waals surface area (Å²) in [7, 11) is 1.64. The minimum absolute atomic E-state index is 0.284. The molecule has 0 unspecified atom stereocenters. The van der Waals surface area contributed by atoms with Crippen LogP contribution < -0.4 is 10.5 Å². The zero-order valence-corrected chi connectivity index (χ0v) is 12.2. The van der Waals surface area contributed by atoms with Crippen LogP contribution in [0.25, 0.3) is 11.3 Å². The Morgan fingerprint density at radius 2 is 2.05 bits per heavy atom. The summed E-state index contributed by atoms with van der Waals surface area (Å²) in [6.45, 7) is 6.09. The maximum absolute atomic E-state index is 6.30. The summed E-state index contributed by atoms with van der Waals surface area (Å²) in [5, 5.41) is 4.39. The maximum Gasteiger partial charge on any atom is 0.173 e. The highest BCUT2D eigenvalue weighted by Crippen LogP contribution is 2.42. The van der Waals surface area contributed by atoms with Crippen molar-refractivity contribution in [2.24, 2.45) is 0 Å². The smallest absolute Gasteiger partial charge is 0.173 e. The van der Waals surface area contributed by atoms with Crippen LogP contribution in [0.1, 0.15) is 30.9 Å². The monoisotopic (exact) mass is 280 g/mol. The predicted octanol–water partition coefficient (Wildman–Crippen LogP) is 4.02. The molecule has 0 saturated heterocycles. The first kappa shape index (κ1) is 13.7. The van der Waals surface area contributed by atoms with Crippen LogP contribution >= 0.6 is 11.6 Å². The fourth-order valence-corrected chi connectivity index (χ4v) is 2.31. The van der Waals surface area contributed by atoms with Gasteiger partial charge in [-0.1, -0.05) is 30.6 Å². The van der Waals surface area contributed by atoms with Crippen molar-refractivity contribution in [1.29, 1.82) is 0 Å². The number of hydrogen-bond donors (Lipinski definition) is 1. The topological polar surface area (TPSA) is 61.3 Å². The lowest BCUT2D eigenvalue weighted by molar-refractivity contribution is 0.401. The fourth-order valence-electron chi connectivity index (χ4n) is 2.10. The van der Waals surface area contributed by atoms with Crippen molar-refractivity contribution in [3.8, 4) is 17.1 Å². The van der Waals surface area contributed by atoms with Crippen LogP contribution in [0.2, 0.25) is 5.02 Å². The predicted molar refractivity (Wildman–Crippen MR) is 76.7 cm³/mol. The third kappa shape index (κ3) is 2.40. The molecule has 2 N–H and O–H groups in total. The Morgan fingerprint density at radius 1 is 1.37 bits per heavy atom. The lowest BCUT2D eigenvalue weighted by Crippen LogP contribution is -1.99. The van der Waals surface area contributed by atoms with Crippen molar-refractivity contribution in [3.63, 3.8) is 0 Å². The van der Waals surface area contributed by atoms with Crippen LogP contribution in [0.3, 0.4) is 0 Å². The number of hydrogen-bond acceptors (Lipinski definition) is 4. The molecular weight excluding hydrogens is 264 g/mol. The minimum Gasteiger partial charge on any atom is -0.496 e. The van der Waals surface area contributed by atoms with Crippen molar-refractivity contribution in [2.45, 2.75) is 26.7 Å². The minimum atomic E-state index is 0.284. The second-order valence-corrected chi connectivity index (χ2v) is 5.16. The van der Waals surface area contributed by atoms with Gasteiger partial charge in [0.15, 0.2) is 11.6 Å². The van der Waals surface area contributed by atoms with Crippen LogP contribution in [-0.2, 0) is 0 Å². The number of nitrogen functional groups attached to an aromatic ring is 1. The zero-order valence-electron chi connectivity index (χ0n) is 11.5. The third-order valence-electron chi connectivity index (χ3n) is 3.11. The molecule has 2 rings (SSSR count). The largest absolute Gasteiger partial charge is 0.496 e. The van der Waals surface area contributed by atoms with Gasteiger partial charge < -0.3 is 15.0 Å². The number of nitrogens with two attached hydrogens (primary N) is 1. The maximum atomic E-state index is 6.30. The normalized spacial score (nSPS) is 11.1. The average molecular weight is 281 g/mol. The first-order valence-electron chi connectivity index (χ1n) is 6.05. The van der Waals surface area contributed by atoms with E-state index in [1.54, 1.807) is 13.2 Å². The van der Waals surface area contributed by atoms with E-state index in [1.807, 2.05) is 13.0 Å². The second-order valence-electron chi connectivity index (χ2n) is 4.75. The number of methoxy groups -OCH3 is 1. The van der Waals surface area contributed by atoms with E-state index in [4.69, 9.17) is 26.6 Å². The molecule has 2 aromatic rings. The van der Waals surface area contributed by atoms with Gasteiger partial charge in [-0.25, -0.2) is 0 Å². The lowest BCUT2D eigenvalue weighted by atomic mass is 9.94. The second kappa shape index (κ2) is 5.13. The highest BCUT2D eigenvalue weighted by Gasteiger charge is 2.21. The fraction of sp³-hybridized carbons (Fsp3) is 0.357. The summed E-state index contributed by atoms with van der Waals surface area (Å²) >= 11 is 6.30. The molecule has 19 heavy (non-hydrogen) atoms. The Bertz CT molecular complexity index is 606. The summed E-state index contributed by atoms with van der Waals surface area (Å²) in [6.07, 6.45) is 0. The Balaban J connectivity index is 2.77. The third-order valence-corrected chi connectivity index (χ3v) is 3.50. The summed E-state index contributed by atoms with van der Waals surface area (Å²) in [5.74, 6) is 1.94. The molecule has 0 aliphatic rings. The zero-order chi connectivity index (χ0) is 14.2. The molecule has 0 atom stereocenters. The number of benzene rings is 1. The van der Waals surface area contributed by atoms with E-state index in [0.29, 0.717) is 16.6 Å². The van der Waals surface area contributed by atoms with Crippen molar-refractivity contribution >= 4 is 17.4 Å². The van der Waals surface area contributed by atoms with E-state index in [1.165, 1.54) is 0 Å². The van der Waals surface area contributed by atoms with Crippen LogP contribution in [0.15, 0.2) is 16.7 Å². The van der Waals surface area contributed by atoms with Gasteiger partial charge in [-0.2, -0.15) is 0 Å². The molecule has 0 radical (unpaired) electrons. The van der Waals surface area contributed by atoms with Crippen LogP contribution in [0, 0.1) is 6.92 Å². The molecule has 1 aromatic heterocycles. The van der Waals surface area contributed by atoms with E-state index >= 15 is 0 Å². The average Bonchev–Trinajstić information content (AvgIpc) is 2.77. The number of rotatable bonds is 3. The van der Waals surface area contributed by atoms with E-state index in [9.17, 15) is 0 Å². The SMILES string of the molecule is COc1c(C(C)C)cc(Cl)c(C)c1-c1cc(N)no1. The van der Waals surface area contributed by atoms with E-state index in [0.717, 1.165) is 22.4 Å². The molecule has 0 aliphatic carbocycles. The van der Waals surface area contributed by atoms with E-state index < -0.39 is 0 Å². The first-order valence-corrected chi connectivity index (χ1v) is 6.43. The van der Waals surface area contributed by atoms with Crippen LogP contribution in [0.4, 0.5) is 5.82 Å². The summed E-state index contributed by atoms with van der Waals surface area (Å²) in [6, 6.07) is 3.61. The molecule has 0 fully saturated rings. The van der Waals surface area contributed by atoms with Gasteiger partial charge in [0.1, 0.15) is 5.75 Å². The molecule has 0 spiro atoms. The Labute approximate surface area is 117 Å². The quantitative estimate of drug-likeness (QED) is 0.922. The van der Waals surface area contributed by atoms with Crippen LogP contribution in [0.5, 0.6) is 5.75 Å². The Kier molecular flexibility index (Phi) is 3.71. The van der Waals surface area contributed by atoms with E-state index in [2.05, 4.69) is 19.0 Å². The number of aromatic nitrogens is 1. The highest BCUT2D eigenvalue weighted by atomic mass is 35.5. The van der Waals surface area contributed by atoms with Gasteiger partial charge in [0, 0.05) is 11.1 Å². The summed E-state index contributed by atoms with van der Waals surface area (Å²) < 4.78 is 10.8. The van der Waals surface area contributed by atoms with Gasteiger partial charge in [-0.15, -0.1) is 0 Å². The van der Waals surface area contributed by atoms with E-state index in [-0.39, 0.29) is 5.92 Å². The molecule has 1 heterocycles. The summed E-state index contributed by atoms with van der Waals surface area (Å²) in [5.41, 5.74) is 8.34. The van der Waals surface area contributed by atoms with Gasteiger partial charge in [0.25, 0.3) is 0 Å². The number of nitrogens with zero attached hydrogens (tertiary/aromatic N) is 1. The number of anilines is 1. The number of halogens is 1. The van der Waals surface area contributed by atoms with Gasteiger partial charge in [0.05, 0.1) is 12.7 Å². The molecule has 0 amide bonds. The van der Waals surface area contributed by atoms with Crippen molar-refractivity contribution in [2.75, 3.05) is 12.8 Å². The highest BCUT2D eigenvalue weighted by molar-refractivity contribution is 6.32. The van der Waals surface area contributed by atoms with Gasteiger partial charge in [-0.05, 0) is 30.0 Å². The molecular formula is C14H17ClN2O2. The molecule has 5 heteroatoms. The molecule has 0 aliphatic heterocycles. The summed E-state index contributed by atoms with van der Waals surface area (Å²) in [4.78, 5) is 0. The molecule has 0 bridgehead atoms. The van der Waals surface area contributed by atoms with Crippen molar-refractivity contribution < 1.29 is 9.26 Å². The van der Waals surface area contributed by atoms with Crippen molar-refractivity contribution in [1.82, 2.24) is 5.16 Å². The Morgan fingerprint density at radius 3 is 2.53 bits per heavy atom. The molecule has 1 aromatic carbocycles. The molecule has 0 saturated carbocycles. The van der Waals surface area contributed by atoms with Crippen molar-refractivity contribution in [3.05, 3.63) is 28.3 Å². The number of ether oxygens (including phenoxy) is 1. The molecule has 102 valence electrons. The Hall–Kier alpha value is -1.68. The first-order chi connectivity index (χ1) is 8.95. The van der Waals surface area contributed by atoms with Gasteiger partial charge in [0.2, 0.25) is 0 Å². The molecule has 4 nitrogen and oxygen atoms in total.